The Labute approximate surface area is 225 Å². The monoisotopic (exact) mass is 548 g/mol. The minimum absolute atomic E-state index is 0.0371. The molecule has 8 heteroatoms. The summed E-state index contributed by atoms with van der Waals surface area (Å²) in [6, 6.07) is 16.4. The van der Waals surface area contributed by atoms with Gasteiger partial charge in [-0.15, -0.1) is 0 Å². The minimum atomic E-state index is -0.769. The topological polar surface area (TPSA) is 32.8 Å². The molecule has 0 saturated carbocycles. The third-order valence-corrected chi connectivity index (χ3v) is 7.94. The van der Waals surface area contributed by atoms with Crippen molar-refractivity contribution in [1.82, 2.24) is 0 Å². The third-order valence-electron chi connectivity index (χ3n) is 6.13. The van der Waals surface area contributed by atoms with Crippen LogP contribution in [0.1, 0.15) is 40.1 Å². The van der Waals surface area contributed by atoms with E-state index >= 15 is 0 Å². The molecular formula is C27H24Cl4N2O2. The van der Waals surface area contributed by atoms with E-state index in [1.807, 2.05) is 69.2 Å². The van der Waals surface area contributed by atoms with Gasteiger partial charge in [0.1, 0.15) is 0 Å². The Balaban J connectivity index is 1.95. The lowest BCUT2D eigenvalue weighted by Crippen LogP contribution is -2.09. The van der Waals surface area contributed by atoms with E-state index in [0.717, 1.165) is 33.6 Å². The molecule has 1 aliphatic heterocycles. The van der Waals surface area contributed by atoms with Crippen LogP contribution in [0.5, 0.6) is 0 Å². The van der Waals surface area contributed by atoms with Crippen LogP contribution in [-0.2, 0) is 4.74 Å². The summed E-state index contributed by atoms with van der Waals surface area (Å²) in [5.74, 6) is -0.583. The number of anilines is 2. The second-order valence-electron chi connectivity index (χ2n) is 8.77. The predicted molar refractivity (Wildman–Crippen MR) is 148 cm³/mol. The molecule has 0 amide bonds. The van der Waals surface area contributed by atoms with Crippen LogP contribution in [-0.4, -0.2) is 34.2 Å². The van der Waals surface area contributed by atoms with E-state index in [1.54, 1.807) is 0 Å². The highest BCUT2D eigenvalue weighted by atomic mass is 35.5. The van der Waals surface area contributed by atoms with E-state index < -0.39 is 12.1 Å². The summed E-state index contributed by atoms with van der Waals surface area (Å²) < 4.78 is 5.81. The van der Waals surface area contributed by atoms with Crippen molar-refractivity contribution in [1.29, 1.82) is 0 Å². The first-order valence-electron chi connectivity index (χ1n) is 10.9. The van der Waals surface area contributed by atoms with Crippen molar-refractivity contribution < 1.29 is 9.53 Å². The molecule has 1 atom stereocenters. The molecule has 0 aromatic heterocycles. The van der Waals surface area contributed by atoms with E-state index in [9.17, 15) is 4.79 Å². The van der Waals surface area contributed by atoms with Gasteiger partial charge in [-0.1, -0.05) is 70.7 Å². The fourth-order valence-corrected chi connectivity index (χ4v) is 5.27. The number of esters is 1. The van der Waals surface area contributed by atoms with Gasteiger partial charge in [0.2, 0.25) is 0 Å². The van der Waals surface area contributed by atoms with Gasteiger partial charge in [0, 0.05) is 45.1 Å². The number of nitrogens with zero attached hydrogens (tertiary/aromatic N) is 2. The van der Waals surface area contributed by atoms with Crippen LogP contribution in [0, 0.1) is 0 Å². The molecule has 1 heterocycles. The Morgan fingerprint density at radius 3 is 1.57 bits per heavy atom. The number of halogens is 4. The van der Waals surface area contributed by atoms with Gasteiger partial charge in [0.05, 0.1) is 25.7 Å². The first kappa shape index (κ1) is 25.7. The van der Waals surface area contributed by atoms with Crippen molar-refractivity contribution >= 4 is 69.3 Å². The fourth-order valence-electron chi connectivity index (χ4n) is 4.23. The zero-order valence-corrected chi connectivity index (χ0v) is 22.9. The van der Waals surface area contributed by atoms with Crippen LogP contribution in [0.15, 0.2) is 54.1 Å². The molecule has 0 bridgehead atoms. The third kappa shape index (κ3) is 4.61. The van der Waals surface area contributed by atoms with Gasteiger partial charge in [0.15, 0.2) is 6.10 Å². The molecular weight excluding hydrogens is 526 g/mol. The Kier molecular flexibility index (Phi) is 7.31. The number of hydrogen-bond donors (Lipinski definition) is 0. The van der Waals surface area contributed by atoms with Gasteiger partial charge in [-0.05, 0) is 53.5 Å². The molecule has 0 spiro atoms. The largest absolute Gasteiger partial charge is 0.449 e. The molecule has 182 valence electrons. The lowest BCUT2D eigenvalue weighted by atomic mass is 9.88. The van der Waals surface area contributed by atoms with E-state index in [0.29, 0.717) is 5.56 Å². The molecule has 4 rings (SSSR count). The fraction of sp³-hybridized carbons (Fsp3) is 0.222. The summed E-state index contributed by atoms with van der Waals surface area (Å²) in [5, 5.41) is 0.343. The van der Waals surface area contributed by atoms with E-state index in [1.165, 1.54) is 0 Å². The standard InChI is InChI=1S/C27H24Cl4N2O2/c1-14(26-20-21(27(34)35-26)23(29)25(31)24(30)22(20)28)19(15-6-10-17(11-7-15)32(2)3)16-8-12-18(13-9-16)33(4)5/h6-13,26H,1-5H3. The maximum Gasteiger partial charge on any atom is 0.341 e. The molecule has 35 heavy (non-hydrogen) atoms. The van der Waals surface area contributed by atoms with Crippen molar-refractivity contribution in [2.45, 2.75) is 13.0 Å². The summed E-state index contributed by atoms with van der Waals surface area (Å²) in [6.07, 6.45) is -0.769. The average molecular weight is 550 g/mol. The molecule has 0 saturated heterocycles. The number of cyclic esters (lactones) is 1. The summed E-state index contributed by atoms with van der Waals surface area (Å²) in [4.78, 5) is 16.9. The molecule has 1 aliphatic rings. The van der Waals surface area contributed by atoms with Crippen molar-refractivity contribution in [3.63, 3.8) is 0 Å². The SMILES string of the molecule is CC(=C(c1ccc(N(C)C)cc1)c1ccc(N(C)C)cc1)C1OC(=O)c2c(Cl)c(Cl)c(Cl)c(Cl)c21. The highest BCUT2D eigenvalue weighted by molar-refractivity contribution is 6.53. The number of carbonyl (C=O) groups excluding carboxylic acids is 1. The summed E-state index contributed by atoms with van der Waals surface area (Å²) >= 11 is 25.5. The average Bonchev–Trinajstić information content (AvgIpc) is 3.19. The number of benzene rings is 3. The van der Waals surface area contributed by atoms with Crippen molar-refractivity contribution in [2.75, 3.05) is 38.0 Å². The quantitative estimate of drug-likeness (QED) is 0.182. The van der Waals surface area contributed by atoms with Gasteiger partial charge in [-0.3, -0.25) is 0 Å². The molecule has 3 aromatic rings. The van der Waals surface area contributed by atoms with Gasteiger partial charge in [-0.25, -0.2) is 4.79 Å². The van der Waals surface area contributed by atoms with Crippen LogP contribution < -0.4 is 9.80 Å². The smallest absolute Gasteiger partial charge is 0.341 e. The maximum atomic E-state index is 12.9. The first-order valence-corrected chi connectivity index (χ1v) is 12.4. The minimum Gasteiger partial charge on any atom is -0.449 e. The summed E-state index contributed by atoms with van der Waals surface area (Å²) in [5.41, 5.74) is 6.38. The number of carbonyl (C=O) groups is 1. The number of ether oxygens (including phenoxy) is 1. The summed E-state index contributed by atoms with van der Waals surface area (Å²) in [6.45, 7) is 1.93. The maximum absolute atomic E-state index is 12.9. The van der Waals surface area contributed by atoms with Crippen molar-refractivity contribution in [2.24, 2.45) is 0 Å². The number of hydrogen-bond acceptors (Lipinski definition) is 4. The molecule has 0 aliphatic carbocycles. The Hall–Kier alpha value is -2.37. The lowest BCUT2D eigenvalue weighted by Gasteiger charge is -2.21. The second kappa shape index (κ2) is 9.94. The van der Waals surface area contributed by atoms with E-state index in [4.69, 9.17) is 51.1 Å². The second-order valence-corrected chi connectivity index (χ2v) is 10.3. The van der Waals surface area contributed by atoms with Crippen LogP contribution in [0.4, 0.5) is 11.4 Å². The van der Waals surface area contributed by atoms with Gasteiger partial charge in [0.25, 0.3) is 0 Å². The Bertz CT molecular complexity index is 1280. The number of rotatable bonds is 5. The van der Waals surface area contributed by atoms with Crippen molar-refractivity contribution in [3.8, 4) is 0 Å². The highest BCUT2D eigenvalue weighted by Crippen LogP contribution is 2.51. The molecule has 4 nitrogen and oxygen atoms in total. The number of fused-ring (bicyclic) bond motifs is 1. The van der Waals surface area contributed by atoms with Gasteiger partial charge < -0.3 is 14.5 Å². The molecule has 0 N–H and O–H groups in total. The Morgan fingerprint density at radius 1 is 0.714 bits per heavy atom. The lowest BCUT2D eigenvalue weighted by molar-refractivity contribution is 0.0451. The van der Waals surface area contributed by atoms with Crippen LogP contribution >= 0.6 is 46.4 Å². The molecule has 0 radical (unpaired) electrons. The molecule has 1 unspecified atom stereocenters. The molecule has 0 fully saturated rings. The van der Waals surface area contributed by atoms with Gasteiger partial charge in [-0.2, -0.15) is 0 Å². The highest BCUT2D eigenvalue weighted by Gasteiger charge is 2.40. The van der Waals surface area contributed by atoms with Gasteiger partial charge >= 0.3 is 5.97 Å². The van der Waals surface area contributed by atoms with Crippen LogP contribution in [0.3, 0.4) is 0 Å². The first-order chi connectivity index (χ1) is 16.5. The Morgan fingerprint density at radius 2 is 1.14 bits per heavy atom. The van der Waals surface area contributed by atoms with E-state index in [-0.39, 0.29) is 25.7 Å². The molecule has 3 aromatic carbocycles. The van der Waals surface area contributed by atoms with Crippen LogP contribution in [0.2, 0.25) is 20.1 Å². The zero-order chi connectivity index (χ0) is 25.6. The van der Waals surface area contributed by atoms with Crippen LogP contribution in [0.25, 0.3) is 5.57 Å². The summed E-state index contributed by atoms with van der Waals surface area (Å²) in [7, 11) is 7.97. The zero-order valence-electron chi connectivity index (χ0n) is 19.9. The van der Waals surface area contributed by atoms with Crippen molar-refractivity contribution in [3.05, 3.63) is 96.4 Å². The van der Waals surface area contributed by atoms with E-state index in [2.05, 4.69) is 24.3 Å². The normalized spacial score (nSPS) is 14.4. The predicted octanol–water partition coefficient (Wildman–Crippen LogP) is 8.17.